The number of carbonyl (C=O) groups excluding carboxylic acids is 2. The number of anilines is 1. The zero-order chi connectivity index (χ0) is 20.9. The predicted octanol–water partition coefficient (Wildman–Crippen LogP) is 3.79. The number of likely N-dealkylation sites (tertiary alicyclic amines) is 1. The highest BCUT2D eigenvalue weighted by Gasteiger charge is 2.33. The average molecular weight is 408 g/mol. The molecule has 0 radical (unpaired) electrons. The molecule has 0 unspecified atom stereocenters. The topological polar surface area (TPSA) is 67.9 Å². The van der Waals surface area contributed by atoms with Crippen molar-refractivity contribution in [2.45, 2.75) is 38.7 Å². The Morgan fingerprint density at radius 2 is 1.83 bits per heavy atom. The van der Waals surface area contributed by atoms with Crippen LogP contribution in [0.25, 0.3) is 0 Å². The number of carbonyl (C=O) groups is 2. The van der Waals surface area contributed by atoms with Gasteiger partial charge in [0.15, 0.2) is 11.5 Å². The largest absolute Gasteiger partial charge is 0.485 e. The van der Waals surface area contributed by atoms with Gasteiger partial charge in [-0.1, -0.05) is 24.3 Å². The van der Waals surface area contributed by atoms with Crippen LogP contribution in [0.4, 0.5) is 5.69 Å². The standard InChI is InChI=1S/C24H28N2O4/c1-17-5-4-6-19(15-17)25-23(27)10-9-18-11-13-26(14-12-18)24(28)22-16-29-20-7-2-3-8-21(20)30-22/h2-8,15,18,22H,9-14,16H2,1H3,(H,25,27)/t22-/m0/s1. The molecule has 1 saturated heterocycles. The first-order valence-corrected chi connectivity index (χ1v) is 10.6. The summed E-state index contributed by atoms with van der Waals surface area (Å²) in [6.07, 6.45) is 2.58. The van der Waals surface area contributed by atoms with Gasteiger partial charge in [-0.2, -0.15) is 0 Å². The number of rotatable bonds is 5. The molecule has 2 amide bonds. The molecule has 6 heteroatoms. The van der Waals surface area contributed by atoms with Gasteiger partial charge in [0.05, 0.1) is 0 Å². The Bertz CT molecular complexity index is 906. The lowest BCUT2D eigenvalue weighted by Crippen LogP contribution is -2.49. The van der Waals surface area contributed by atoms with Crippen molar-refractivity contribution in [1.29, 1.82) is 0 Å². The number of amides is 2. The summed E-state index contributed by atoms with van der Waals surface area (Å²) in [5.74, 6) is 1.80. The Kier molecular flexibility index (Phi) is 6.21. The van der Waals surface area contributed by atoms with Crippen LogP contribution in [0.15, 0.2) is 48.5 Å². The van der Waals surface area contributed by atoms with Crippen LogP contribution in [0, 0.1) is 12.8 Å². The molecule has 4 rings (SSSR count). The molecule has 2 aliphatic heterocycles. The second kappa shape index (κ2) is 9.20. The van der Waals surface area contributed by atoms with Crippen molar-refractivity contribution >= 4 is 17.5 Å². The molecule has 1 atom stereocenters. The van der Waals surface area contributed by atoms with E-state index in [0.29, 0.717) is 36.9 Å². The van der Waals surface area contributed by atoms with E-state index in [0.717, 1.165) is 30.5 Å². The number of hydrogen-bond acceptors (Lipinski definition) is 4. The molecule has 0 spiro atoms. The van der Waals surface area contributed by atoms with Crippen molar-refractivity contribution in [3.05, 3.63) is 54.1 Å². The first kappa shape index (κ1) is 20.3. The van der Waals surface area contributed by atoms with E-state index in [4.69, 9.17) is 9.47 Å². The number of nitrogens with zero attached hydrogens (tertiary/aromatic N) is 1. The van der Waals surface area contributed by atoms with E-state index in [1.165, 1.54) is 0 Å². The molecular weight excluding hydrogens is 380 g/mol. The van der Waals surface area contributed by atoms with Crippen molar-refractivity contribution < 1.29 is 19.1 Å². The highest BCUT2D eigenvalue weighted by molar-refractivity contribution is 5.90. The van der Waals surface area contributed by atoms with Crippen LogP contribution in [-0.4, -0.2) is 42.5 Å². The maximum atomic E-state index is 12.8. The molecule has 158 valence electrons. The molecule has 2 aromatic carbocycles. The third kappa shape index (κ3) is 4.93. The highest BCUT2D eigenvalue weighted by atomic mass is 16.6. The maximum absolute atomic E-state index is 12.8. The van der Waals surface area contributed by atoms with Gasteiger partial charge >= 0.3 is 0 Å². The third-order valence-electron chi connectivity index (χ3n) is 5.79. The highest BCUT2D eigenvalue weighted by Crippen LogP contribution is 2.32. The fraction of sp³-hybridized carbons (Fsp3) is 0.417. The van der Waals surface area contributed by atoms with Crippen LogP contribution in [-0.2, 0) is 9.59 Å². The number of piperidine rings is 1. The van der Waals surface area contributed by atoms with Crippen LogP contribution in [0.1, 0.15) is 31.2 Å². The van der Waals surface area contributed by atoms with E-state index < -0.39 is 6.10 Å². The second-order valence-corrected chi connectivity index (χ2v) is 8.09. The summed E-state index contributed by atoms with van der Waals surface area (Å²) >= 11 is 0. The lowest BCUT2D eigenvalue weighted by atomic mass is 9.91. The van der Waals surface area contributed by atoms with Crippen molar-refractivity contribution in [1.82, 2.24) is 4.90 Å². The number of hydrogen-bond donors (Lipinski definition) is 1. The van der Waals surface area contributed by atoms with E-state index in [-0.39, 0.29) is 18.4 Å². The van der Waals surface area contributed by atoms with Gasteiger partial charge < -0.3 is 19.7 Å². The molecule has 30 heavy (non-hydrogen) atoms. The fourth-order valence-electron chi connectivity index (χ4n) is 4.07. The van der Waals surface area contributed by atoms with Gasteiger partial charge in [-0.25, -0.2) is 0 Å². The molecule has 1 N–H and O–H groups in total. The first-order valence-electron chi connectivity index (χ1n) is 10.6. The van der Waals surface area contributed by atoms with E-state index >= 15 is 0 Å². The van der Waals surface area contributed by atoms with Gasteiger partial charge in [0.1, 0.15) is 6.61 Å². The summed E-state index contributed by atoms with van der Waals surface area (Å²) in [7, 11) is 0. The van der Waals surface area contributed by atoms with Gasteiger partial charge in [0.2, 0.25) is 12.0 Å². The minimum absolute atomic E-state index is 0.0138. The normalized spacial score (nSPS) is 18.7. The van der Waals surface area contributed by atoms with Crippen molar-refractivity contribution in [3.63, 3.8) is 0 Å². The zero-order valence-electron chi connectivity index (χ0n) is 17.3. The number of nitrogens with one attached hydrogen (secondary N) is 1. The molecule has 2 aromatic rings. The van der Waals surface area contributed by atoms with E-state index in [9.17, 15) is 9.59 Å². The number of para-hydroxylation sites is 2. The van der Waals surface area contributed by atoms with Crippen molar-refractivity contribution in [2.24, 2.45) is 5.92 Å². The summed E-state index contributed by atoms with van der Waals surface area (Å²) in [6.45, 7) is 3.65. The second-order valence-electron chi connectivity index (χ2n) is 8.09. The molecule has 0 aromatic heterocycles. The number of aryl methyl sites for hydroxylation is 1. The minimum Gasteiger partial charge on any atom is -0.485 e. The van der Waals surface area contributed by atoms with Crippen molar-refractivity contribution in [3.8, 4) is 11.5 Å². The van der Waals surface area contributed by atoms with Crippen LogP contribution >= 0.6 is 0 Å². The summed E-state index contributed by atoms with van der Waals surface area (Å²) in [5.41, 5.74) is 1.97. The Morgan fingerprint density at radius 1 is 1.07 bits per heavy atom. The monoisotopic (exact) mass is 408 g/mol. The maximum Gasteiger partial charge on any atom is 0.267 e. The van der Waals surface area contributed by atoms with Gasteiger partial charge in [-0.3, -0.25) is 9.59 Å². The SMILES string of the molecule is Cc1cccc(NC(=O)CCC2CCN(C(=O)[C@@H]3COc4ccccc4O3)CC2)c1. The molecule has 1 fully saturated rings. The lowest BCUT2D eigenvalue weighted by Gasteiger charge is -2.35. The summed E-state index contributed by atoms with van der Waals surface area (Å²) < 4.78 is 11.5. The van der Waals surface area contributed by atoms with Crippen LogP contribution in [0.2, 0.25) is 0 Å². The summed E-state index contributed by atoms with van der Waals surface area (Å²) in [5, 5.41) is 2.97. The molecule has 0 aliphatic carbocycles. The van der Waals surface area contributed by atoms with E-state index in [1.54, 1.807) is 0 Å². The quantitative estimate of drug-likeness (QED) is 0.817. The third-order valence-corrected chi connectivity index (χ3v) is 5.79. The van der Waals surface area contributed by atoms with Gasteiger partial charge in [0, 0.05) is 25.2 Å². The zero-order valence-corrected chi connectivity index (χ0v) is 17.3. The molecule has 6 nitrogen and oxygen atoms in total. The molecular formula is C24H28N2O4. The predicted molar refractivity (Wildman–Crippen MR) is 115 cm³/mol. The Hall–Kier alpha value is -3.02. The number of fused-ring (bicyclic) bond motifs is 1. The van der Waals surface area contributed by atoms with Crippen molar-refractivity contribution in [2.75, 3.05) is 25.0 Å². The lowest BCUT2D eigenvalue weighted by molar-refractivity contribution is -0.142. The Labute approximate surface area is 177 Å². The molecule has 0 bridgehead atoms. The van der Waals surface area contributed by atoms with Gasteiger partial charge in [0.25, 0.3) is 5.91 Å². The number of benzene rings is 2. The number of ether oxygens (including phenoxy) is 2. The average Bonchev–Trinajstić information content (AvgIpc) is 2.77. The van der Waals surface area contributed by atoms with Gasteiger partial charge in [-0.15, -0.1) is 0 Å². The van der Waals surface area contributed by atoms with Crippen LogP contribution in [0.3, 0.4) is 0 Å². The fourth-order valence-corrected chi connectivity index (χ4v) is 4.07. The van der Waals surface area contributed by atoms with Gasteiger partial charge in [-0.05, 0) is 61.9 Å². The molecule has 2 heterocycles. The minimum atomic E-state index is -0.587. The molecule has 2 aliphatic rings. The molecule has 0 saturated carbocycles. The van der Waals surface area contributed by atoms with E-state index in [1.807, 2.05) is 60.4 Å². The Morgan fingerprint density at radius 3 is 2.60 bits per heavy atom. The van der Waals surface area contributed by atoms with Crippen LogP contribution in [0.5, 0.6) is 11.5 Å². The van der Waals surface area contributed by atoms with Crippen LogP contribution < -0.4 is 14.8 Å². The smallest absolute Gasteiger partial charge is 0.267 e. The Balaban J connectivity index is 1.20. The first-order chi connectivity index (χ1) is 14.6. The summed E-state index contributed by atoms with van der Waals surface area (Å²) in [4.78, 5) is 26.9. The van der Waals surface area contributed by atoms with E-state index in [2.05, 4.69) is 5.32 Å². The summed E-state index contributed by atoms with van der Waals surface area (Å²) in [6, 6.07) is 15.2.